The van der Waals surface area contributed by atoms with Crippen molar-refractivity contribution in [1.29, 1.82) is 0 Å². The lowest BCUT2D eigenvalue weighted by Crippen LogP contribution is -2.34. The van der Waals surface area contributed by atoms with Crippen molar-refractivity contribution in [3.8, 4) is 0 Å². The maximum atomic E-state index is 12.4. The first-order valence-corrected chi connectivity index (χ1v) is 11.1. The SMILES string of the molecule is CCCN(CC1CC1)C(=O)CSc1nnc(NC2CCCCC2)s1. The Balaban J connectivity index is 1.44. The number of hydrogen-bond acceptors (Lipinski definition) is 6. The second-order valence-corrected chi connectivity index (χ2v) is 9.12. The minimum absolute atomic E-state index is 0.241. The van der Waals surface area contributed by atoms with Gasteiger partial charge in [-0.15, -0.1) is 10.2 Å². The van der Waals surface area contributed by atoms with Gasteiger partial charge in [-0.05, 0) is 38.0 Å². The number of thioether (sulfide) groups is 1. The number of rotatable bonds is 9. The highest BCUT2D eigenvalue weighted by Gasteiger charge is 2.26. The van der Waals surface area contributed by atoms with E-state index in [0.717, 1.165) is 34.9 Å². The number of nitrogens with zero attached hydrogens (tertiary/aromatic N) is 3. The van der Waals surface area contributed by atoms with Crippen molar-refractivity contribution in [2.24, 2.45) is 5.92 Å². The summed E-state index contributed by atoms with van der Waals surface area (Å²) in [5, 5.41) is 12.9. The molecule has 0 aliphatic heterocycles. The van der Waals surface area contributed by atoms with E-state index >= 15 is 0 Å². The molecule has 1 aromatic heterocycles. The zero-order chi connectivity index (χ0) is 16.8. The summed E-state index contributed by atoms with van der Waals surface area (Å²) in [7, 11) is 0. The third-order valence-electron chi connectivity index (χ3n) is 4.68. The number of hydrogen-bond donors (Lipinski definition) is 1. The molecule has 2 saturated carbocycles. The topological polar surface area (TPSA) is 58.1 Å². The fourth-order valence-corrected chi connectivity index (χ4v) is 4.89. The molecule has 2 aliphatic rings. The predicted octanol–water partition coefficient (Wildman–Crippen LogP) is 4.02. The smallest absolute Gasteiger partial charge is 0.233 e. The van der Waals surface area contributed by atoms with Gasteiger partial charge in [0.1, 0.15) is 0 Å². The molecule has 2 fully saturated rings. The molecule has 24 heavy (non-hydrogen) atoms. The monoisotopic (exact) mass is 368 g/mol. The second-order valence-electron chi connectivity index (χ2n) is 6.92. The number of carbonyl (C=O) groups is 1. The van der Waals surface area contributed by atoms with E-state index in [9.17, 15) is 4.79 Å². The highest BCUT2D eigenvalue weighted by atomic mass is 32.2. The summed E-state index contributed by atoms with van der Waals surface area (Å²) in [6, 6.07) is 0.546. The van der Waals surface area contributed by atoms with Crippen LogP contribution in [-0.2, 0) is 4.79 Å². The third-order valence-corrected chi connectivity index (χ3v) is 6.65. The Morgan fingerprint density at radius 1 is 1.25 bits per heavy atom. The molecule has 134 valence electrons. The lowest BCUT2D eigenvalue weighted by atomic mass is 9.96. The number of nitrogens with one attached hydrogen (secondary N) is 1. The fraction of sp³-hybridized carbons (Fsp3) is 0.824. The molecular formula is C17H28N4OS2. The normalized spacial score (nSPS) is 18.5. The molecule has 1 N–H and O–H groups in total. The molecule has 1 amide bonds. The number of carbonyl (C=O) groups excluding carboxylic acids is 1. The van der Waals surface area contributed by atoms with Crippen molar-refractivity contribution in [3.05, 3.63) is 0 Å². The number of amides is 1. The van der Waals surface area contributed by atoms with Crippen LogP contribution in [0, 0.1) is 5.92 Å². The molecule has 7 heteroatoms. The van der Waals surface area contributed by atoms with Crippen LogP contribution in [0.2, 0.25) is 0 Å². The highest BCUT2D eigenvalue weighted by molar-refractivity contribution is 8.01. The van der Waals surface area contributed by atoms with E-state index in [0.29, 0.717) is 11.8 Å². The second kappa shape index (κ2) is 9.04. The molecule has 1 aromatic rings. The van der Waals surface area contributed by atoms with Gasteiger partial charge in [-0.2, -0.15) is 0 Å². The molecule has 0 unspecified atom stereocenters. The van der Waals surface area contributed by atoms with Crippen molar-refractivity contribution in [2.75, 3.05) is 24.2 Å². The van der Waals surface area contributed by atoms with E-state index in [-0.39, 0.29) is 5.91 Å². The van der Waals surface area contributed by atoms with Crippen molar-refractivity contribution in [1.82, 2.24) is 15.1 Å². The number of aromatic nitrogens is 2. The van der Waals surface area contributed by atoms with Crippen LogP contribution in [0.15, 0.2) is 4.34 Å². The summed E-state index contributed by atoms with van der Waals surface area (Å²) in [6.45, 7) is 3.95. The van der Waals surface area contributed by atoms with E-state index in [4.69, 9.17) is 0 Å². The number of anilines is 1. The van der Waals surface area contributed by atoms with Gasteiger partial charge in [0.25, 0.3) is 0 Å². The summed E-state index contributed by atoms with van der Waals surface area (Å²) in [5.41, 5.74) is 0. The predicted molar refractivity (Wildman–Crippen MR) is 101 cm³/mol. The van der Waals surface area contributed by atoms with Crippen LogP contribution in [0.4, 0.5) is 5.13 Å². The molecule has 2 aliphatic carbocycles. The largest absolute Gasteiger partial charge is 0.357 e. The molecule has 5 nitrogen and oxygen atoms in total. The van der Waals surface area contributed by atoms with Gasteiger partial charge in [0.2, 0.25) is 11.0 Å². The van der Waals surface area contributed by atoms with Crippen LogP contribution in [0.25, 0.3) is 0 Å². The summed E-state index contributed by atoms with van der Waals surface area (Å²) >= 11 is 3.11. The van der Waals surface area contributed by atoms with Crippen molar-refractivity contribution < 1.29 is 4.79 Å². The van der Waals surface area contributed by atoms with Crippen molar-refractivity contribution in [3.63, 3.8) is 0 Å². The Labute approximate surface area is 153 Å². The van der Waals surface area contributed by atoms with E-state index < -0.39 is 0 Å². The fourth-order valence-electron chi connectivity index (χ4n) is 3.16. The summed E-state index contributed by atoms with van der Waals surface area (Å²) < 4.78 is 0.893. The van der Waals surface area contributed by atoms with E-state index in [1.807, 2.05) is 4.90 Å². The molecule has 0 atom stereocenters. The Kier molecular flexibility index (Phi) is 6.77. The Bertz CT molecular complexity index is 526. The van der Waals surface area contributed by atoms with Gasteiger partial charge in [0.15, 0.2) is 4.34 Å². The van der Waals surface area contributed by atoms with Crippen LogP contribution < -0.4 is 5.32 Å². The average molecular weight is 369 g/mol. The average Bonchev–Trinajstić information content (AvgIpc) is 3.31. The van der Waals surface area contributed by atoms with Gasteiger partial charge in [-0.25, -0.2) is 0 Å². The molecule has 0 aromatic carbocycles. The molecule has 0 spiro atoms. The Morgan fingerprint density at radius 3 is 2.75 bits per heavy atom. The van der Waals surface area contributed by atoms with Gasteiger partial charge in [0, 0.05) is 19.1 Å². The van der Waals surface area contributed by atoms with E-state index in [2.05, 4.69) is 22.4 Å². The van der Waals surface area contributed by atoms with E-state index in [1.165, 1.54) is 56.7 Å². The molecule has 0 bridgehead atoms. The van der Waals surface area contributed by atoms with Gasteiger partial charge in [-0.3, -0.25) is 4.79 Å². The standard InChI is InChI=1S/C17H28N4OS2/c1-2-10-21(11-13-8-9-13)15(22)12-23-17-20-19-16(24-17)18-14-6-4-3-5-7-14/h13-14H,2-12H2,1H3,(H,18,19). The molecule has 0 radical (unpaired) electrons. The first kappa shape index (κ1) is 18.0. The lowest BCUT2D eigenvalue weighted by molar-refractivity contribution is -0.128. The third kappa shape index (κ3) is 5.62. The van der Waals surface area contributed by atoms with Crippen LogP contribution in [0.3, 0.4) is 0 Å². The van der Waals surface area contributed by atoms with Crippen molar-refractivity contribution in [2.45, 2.75) is 68.7 Å². The van der Waals surface area contributed by atoms with Gasteiger partial charge < -0.3 is 10.2 Å². The first-order chi connectivity index (χ1) is 11.7. The quantitative estimate of drug-likeness (QED) is 0.667. The van der Waals surface area contributed by atoms with Crippen molar-refractivity contribution >= 4 is 34.1 Å². The van der Waals surface area contributed by atoms with Crippen LogP contribution >= 0.6 is 23.1 Å². The first-order valence-electron chi connectivity index (χ1n) is 9.25. The maximum absolute atomic E-state index is 12.4. The summed E-state index contributed by atoms with van der Waals surface area (Å²) in [5.74, 6) is 1.47. The summed E-state index contributed by atoms with van der Waals surface area (Å²) in [6.07, 6.45) is 10.0. The Morgan fingerprint density at radius 2 is 2.04 bits per heavy atom. The van der Waals surface area contributed by atoms with E-state index in [1.54, 1.807) is 11.3 Å². The Hall–Kier alpha value is -0.820. The molecule has 3 rings (SSSR count). The van der Waals surface area contributed by atoms with Crippen LogP contribution in [0.5, 0.6) is 0 Å². The molecular weight excluding hydrogens is 340 g/mol. The zero-order valence-electron chi connectivity index (χ0n) is 14.5. The minimum Gasteiger partial charge on any atom is -0.357 e. The zero-order valence-corrected chi connectivity index (χ0v) is 16.1. The van der Waals surface area contributed by atoms with Gasteiger partial charge in [0.05, 0.1) is 5.75 Å². The summed E-state index contributed by atoms with van der Waals surface area (Å²) in [4.78, 5) is 14.5. The van der Waals surface area contributed by atoms with Crippen LogP contribution in [-0.4, -0.2) is 45.9 Å². The highest BCUT2D eigenvalue weighted by Crippen LogP contribution is 2.31. The molecule has 0 saturated heterocycles. The molecule has 1 heterocycles. The van der Waals surface area contributed by atoms with Crippen LogP contribution in [0.1, 0.15) is 58.3 Å². The van der Waals surface area contributed by atoms with Gasteiger partial charge >= 0.3 is 0 Å². The van der Waals surface area contributed by atoms with Gasteiger partial charge in [-0.1, -0.05) is 49.3 Å². The lowest BCUT2D eigenvalue weighted by Gasteiger charge is -2.22. The maximum Gasteiger partial charge on any atom is 0.233 e. The minimum atomic E-state index is 0.241.